The first-order valence-electron chi connectivity index (χ1n) is 8.81. The van der Waals surface area contributed by atoms with E-state index in [1.165, 1.54) is 77.0 Å². The third-order valence-corrected chi connectivity index (χ3v) is 5.97. The lowest BCUT2D eigenvalue weighted by atomic mass is 9.71. The Hall–Kier alpha value is 0. The van der Waals surface area contributed by atoms with Crippen molar-refractivity contribution in [1.29, 1.82) is 0 Å². The van der Waals surface area contributed by atoms with Crippen LogP contribution in [0.5, 0.6) is 0 Å². The van der Waals surface area contributed by atoms with E-state index in [1.54, 1.807) is 0 Å². The average Bonchev–Trinajstić information content (AvgIpc) is 2.46. The fourth-order valence-corrected chi connectivity index (χ4v) is 4.67. The predicted molar refractivity (Wildman–Crippen MR) is 80.7 cm³/mol. The van der Waals surface area contributed by atoms with Crippen LogP contribution >= 0.6 is 0 Å². The van der Waals surface area contributed by atoms with E-state index in [-0.39, 0.29) is 0 Å². The first kappa shape index (κ1) is 14.4. The molecule has 0 nitrogen and oxygen atoms in total. The van der Waals surface area contributed by atoms with Crippen molar-refractivity contribution >= 4 is 0 Å². The summed E-state index contributed by atoms with van der Waals surface area (Å²) in [6.07, 6.45) is 18.2. The summed E-state index contributed by atoms with van der Waals surface area (Å²) in [5.41, 5.74) is 0. The standard InChI is InChI=1S/C18H34/c1-3-16(18-12-8-5-9-13-18)14-15(2)17-10-6-4-7-11-17/h15-18H,3-14H2,1-2H3. The maximum absolute atomic E-state index is 2.56. The van der Waals surface area contributed by atoms with Crippen LogP contribution in [0.1, 0.15) is 90.9 Å². The molecule has 0 aromatic heterocycles. The SMILES string of the molecule is CCC(CC(C)C1CCCCC1)C1CCCCC1. The molecule has 106 valence electrons. The van der Waals surface area contributed by atoms with E-state index in [0.29, 0.717) is 0 Å². The second-order valence-corrected chi connectivity index (χ2v) is 7.18. The Kier molecular flexibility index (Phi) is 6.05. The molecule has 0 bridgehead atoms. The third-order valence-electron chi connectivity index (χ3n) is 5.97. The van der Waals surface area contributed by atoms with Gasteiger partial charge < -0.3 is 0 Å². The highest BCUT2D eigenvalue weighted by Crippen LogP contribution is 2.39. The van der Waals surface area contributed by atoms with Crippen LogP contribution in [0.15, 0.2) is 0 Å². The second-order valence-electron chi connectivity index (χ2n) is 7.18. The molecular formula is C18H34. The molecule has 2 atom stereocenters. The van der Waals surface area contributed by atoms with Crippen LogP contribution in [-0.2, 0) is 0 Å². The van der Waals surface area contributed by atoms with Gasteiger partial charge in [-0.25, -0.2) is 0 Å². The lowest BCUT2D eigenvalue weighted by Crippen LogP contribution is -2.23. The van der Waals surface area contributed by atoms with Crippen molar-refractivity contribution in [3.8, 4) is 0 Å². The van der Waals surface area contributed by atoms with E-state index < -0.39 is 0 Å². The summed E-state index contributed by atoms with van der Waals surface area (Å²) in [4.78, 5) is 0. The van der Waals surface area contributed by atoms with Gasteiger partial charge in [0.25, 0.3) is 0 Å². The number of hydrogen-bond donors (Lipinski definition) is 0. The fraction of sp³-hybridized carbons (Fsp3) is 1.00. The zero-order valence-corrected chi connectivity index (χ0v) is 12.8. The largest absolute Gasteiger partial charge is 0.0651 e. The molecule has 0 aromatic rings. The number of hydrogen-bond acceptors (Lipinski definition) is 0. The van der Waals surface area contributed by atoms with Gasteiger partial charge in [0.2, 0.25) is 0 Å². The minimum atomic E-state index is 0.997. The van der Waals surface area contributed by atoms with Crippen molar-refractivity contribution in [3.63, 3.8) is 0 Å². The molecule has 0 heterocycles. The minimum Gasteiger partial charge on any atom is -0.0651 e. The highest BCUT2D eigenvalue weighted by molar-refractivity contribution is 4.78. The molecule has 2 aliphatic rings. The van der Waals surface area contributed by atoms with E-state index in [2.05, 4.69) is 13.8 Å². The Morgan fingerprint density at radius 3 is 1.78 bits per heavy atom. The van der Waals surface area contributed by atoms with Gasteiger partial charge in [-0.1, -0.05) is 84.5 Å². The molecule has 0 aromatic carbocycles. The Labute approximate surface area is 115 Å². The maximum Gasteiger partial charge on any atom is -0.0386 e. The predicted octanol–water partition coefficient (Wildman–Crippen LogP) is 6.20. The first-order chi connectivity index (χ1) is 8.81. The highest BCUT2D eigenvalue weighted by atomic mass is 14.3. The molecule has 0 radical (unpaired) electrons. The van der Waals surface area contributed by atoms with Gasteiger partial charge >= 0.3 is 0 Å². The summed E-state index contributed by atoms with van der Waals surface area (Å²) in [5.74, 6) is 4.19. The normalized spacial score (nSPS) is 27.0. The van der Waals surface area contributed by atoms with Gasteiger partial charge in [-0.2, -0.15) is 0 Å². The van der Waals surface area contributed by atoms with Crippen LogP contribution in [0.4, 0.5) is 0 Å². The molecule has 2 saturated carbocycles. The van der Waals surface area contributed by atoms with Crippen LogP contribution in [0.2, 0.25) is 0 Å². The molecular weight excluding hydrogens is 216 g/mol. The van der Waals surface area contributed by atoms with Gasteiger partial charge in [0.15, 0.2) is 0 Å². The molecule has 0 saturated heterocycles. The first-order valence-corrected chi connectivity index (χ1v) is 8.81. The van der Waals surface area contributed by atoms with Gasteiger partial charge in [-0.3, -0.25) is 0 Å². The topological polar surface area (TPSA) is 0 Å². The van der Waals surface area contributed by atoms with Crippen molar-refractivity contribution in [1.82, 2.24) is 0 Å². The van der Waals surface area contributed by atoms with Gasteiger partial charge in [-0.05, 0) is 30.1 Å². The molecule has 2 unspecified atom stereocenters. The van der Waals surface area contributed by atoms with Crippen LogP contribution in [0.25, 0.3) is 0 Å². The molecule has 0 N–H and O–H groups in total. The van der Waals surface area contributed by atoms with Crippen molar-refractivity contribution in [2.75, 3.05) is 0 Å². The van der Waals surface area contributed by atoms with E-state index >= 15 is 0 Å². The Morgan fingerprint density at radius 1 is 0.778 bits per heavy atom. The molecule has 2 rings (SSSR count). The van der Waals surface area contributed by atoms with Gasteiger partial charge in [-0.15, -0.1) is 0 Å². The molecule has 2 aliphatic carbocycles. The number of rotatable bonds is 5. The molecule has 18 heavy (non-hydrogen) atoms. The van der Waals surface area contributed by atoms with Crippen LogP contribution in [0, 0.1) is 23.7 Å². The van der Waals surface area contributed by atoms with E-state index in [1.807, 2.05) is 0 Å². The second kappa shape index (κ2) is 7.56. The average molecular weight is 250 g/mol. The summed E-state index contributed by atoms with van der Waals surface area (Å²) >= 11 is 0. The summed E-state index contributed by atoms with van der Waals surface area (Å²) in [5, 5.41) is 0. The zero-order valence-electron chi connectivity index (χ0n) is 12.8. The summed E-state index contributed by atoms with van der Waals surface area (Å²) in [6, 6.07) is 0. The molecule has 2 fully saturated rings. The lowest BCUT2D eigenvalue weighted by molar-refractivity contribution is 0.165. The quantitative estimate of drug-likeness (QED) is 0.545. The Bertz CT molecular complexity index is 208. The van der Waals surface area contributed by atoms with Crippen molar-refractivity contribution < 1.29 is 0 Å². The Balaban J connectivity index is 1.80. The van der Waals surface area contributed by atoms with Crippen molar-refractivity contribution in [3.05, 3.63) is 0 Å². The Morgan fingerprint density at radius 2 is 1.28 bits per heavy atom. The molecule has 0 spiro atoms. The van der Waals surface area contributed by atoms with Gasteiger partial charge in [0.05, 0.1) is 0 Å². The van der Waals surface area contributed by atoms with Crippen LogP contribution in [0.3, 0.4) is 0 Å². The summed E-state index contributed by atoms with van der Waals surface area (Å²) in [7, 11) is 0. The summed E-state index contributed by atoms with van der Waals surface area (Å²) < 4.78 is 0. The van der Waals surface area contributed by atoms with E-state index in [9.17, 15) is 0 Å². The van der Waals surface area contributed by atoms with E-state index in [4.69, 9.17) is 0 Å². The third kappa shape index (κ3) is 4.00. The van der Waals surface area contributed by atoms with Crippen LogP contribution < -0.4 is 0 Å². The highest BCUT2D eigenvalue weighted by Gasteiger charge is 2.27. The summed E-state index contributed by atoms with van der Waals surface area (Å²) in [6.45, 7) is 4.99. The van der Waals surface area contributed by atoms with Crippen LogP contribution in [-0.4, -0.2) is 0 Å². The molecule has 0 amide bonds. The van der Waals surface area contributed by atoms with Gasteiger partial charge in [0.1, 0.15) is 0 Å². The van der Waals surface area contributed by atoms with Gasteiger partial charge in [0, 0.05) is 0 Å². The lowest BCUT2D eigenvalue weighted by Gasteiger charge is -2.35. The fourth-order valence-electron chi connectivity index (χ4n) is 4.67. The molecule has 0 aliphatic heterocycles. The maximum atomic E-state index is 2.56. The minimum absolute atomic E-state index is 0.997. The van der Waals surface area contributed by atoms with E-state index in [0.717, 1.165) is 23.7 Å². The zero-order chi connectivity index (χ0) is 12.8. The van der Waals surface area contributed by atoms with Crippen molar-refractivity contribution in [2.45, 2.75) is 90.9 Å². The van der Waals surface area contributed by atoms with Crippen molar-refractivity contribution in [2.24, 2.45) is 23.7 Å². The smallest absolute Gasteiger partial charge is 0.0386 e. The monoisotopic (exact) mass is 250 g/mol. The molecule has 0 heteroatoms.